The second kappa shape index (κ2) is 6.90. The summed E-state index contributed by atoms with van der Waals surface area (Å²) >= 11 is 0. The standard InChI is InChI=1S/C16H27N3/c1-4-8-17-11-14-12-18-13(3)10-16(14)19(9-5-2)15-6-7-15/h10,12,15,17H,4-9,11H2,1-3H3. The first-order chi connectivity index (χ1) is 9.26. The highest BCUT2D eigenvalue weighted by atomic mass is 15.2. The van der Waals surface area contributed by atoms with Crippen LogP contribution >= 0.6 is 0 Å². The topological polar surface area (TPSA) is 28.2 Å². The average molecular weight is 261 g/mol. The van der Waals surface area contributed by atoms with Gasteiger partial charge in [0.15, 0.2) is 0 Å². The van der Waals surface area contributed by atoms with Gasteiger partial charge in [-0.2, -0.15) is 0 Å². The van der Waals surface area contributed by atoms with Crippen molar-refractivity contribution < 1.29 is 0 Å². The van der Waals surface area contributed by atoms with Gasteiger partial charge in [-0.3, -0.25) is 4.98 Å². The largest absolute Gasteiger partial charge is 0.368 e. The molecule has 1 aromatic rings. The maximum Gasteiger partial charge on any atom is 0.0448 e. The summed E-state index contributed by atoms with van der Waals surface area (Å²) in [7, 11) is 0. The molecule has 1 N–H and O–H groups in total. The third kappa shape index (κ3) is 3.93. The molecule has 1 aromatic heterocycles. The Morgan fingerprint density at radius 2 is 2.11 bits per heavy atom. The van der Waals surface area contributed by atoms with Crippen molar-refractivity contribution in [2.24, 2.45) is 0 Å². The molecule has 0 amide bonds. The van der Waals surface area contributed by atoms with Crippen LogP contribution in [0.5, 0.6) is 0 Å². The van der Waals surface area contributed by atoms with E-state index < -0.39 is 0 Å². The van der Waals surface area contributed by atoms with Gasteiger partial charge in [-0.15, -0.1) is 0 Å². The lowest BCUT2D eigenvalue weighted by molar-refractivity contribution is 0.667. The summed E-state index contributed by atoms with van der Waals surface area (Å²) in [5.74, 6) is 0. The highest BCUT2D eigenvalue weighted by Gasteiger charge is 2.29. The van der Waals surface area contributed by atoms with E-state index in [-0.39, 0.29) is 0 Å². The van der Waals surface area contributed by atoms with Gasteiger partial charge in [0.25, 0.3) is 0 Å². The predicted octanol–water partition coefficient (Wildman–Crippen LogP) is 3.27. The molecule has 0 atom stereocenters. The van der Waals surface area contributed by atoms with E-state index in [1.165, 1.54) is 36.9 Å². The van der Waals surface area contributed by atoms with Crippen LogP contribution in [0.2, 0.25) is 0 Å². The molecule has 0 radical (unpaired) electrons. The highest BCUT2D eigenvalue weighted by molar-refractivity contribution is 5.55. The molecule has 19 heavy (non-hydrogen) atoms. The van der Waals surface area contributed by atoms with Crippen molar-refractivity contribution in [2.45, 2.75) is 59.0 Å². The fourth-order valence-electron chi connectivity index (χ4n) is 2.50. The number of pyridine rings is 1. The van der Waals surface area contributed by atoms with Crippen molar-refractivity contribution in [3.8, 4) is 0 Å². The third-order valence-corrected chi connectivity index (χ3v) is 3.60. The van der Waals surface area contributed by atoms with Crippen LogP contribution in [0.25, 0.3) is 0 Å². The van der Waals surface area contributed by atoms with Gasteiger partial charge in [-0.05, 0) is 45.2 Å². The Balaban J connectivity index is 2.16. The molecule has 1 saturated carbocycles. The van der Waals surface area contributed by atoms with E-state index in [9.17, 15) is 0 Å². The Hall–Kier alpha value is -1.09. The summed E-state index contributed by atoms with van der Waals surface area (Å²) < 4.78 is 0. The molecule has 0 bridgehead atoms. The average Bonchev–Trinajstić information content (AvgIpc) is 3.22. The molecule has 1 fully saturated rings. The van der Waals surface area contributed by atoms with E-state index in [1.807, 2.05) is 0 Å². The minimum atomic E-state index is 0.770. The van der Waals surface area contributed by atoms with E-state index in [0.717, 1.165) is 31.4 Å². The summed E-state index contributed by atoms with van der Waals surface area (Å²) in [5.41, 5.74) is 3.87. The first-order valence-electron chi connectivity index (χ1n) is 7.69. The number of anilines is 1. The van der Waals surface area contributed by atoms with Gasteiger partial charge in [0.1, 0.15) is 0 Å². The Morgan fingerprint density at radius 3 is 2.74 bits per heavy atom. The summed E-state index contributed by atoms with van der Waals surface area (Å²) in [6, 6.07) is 3.03. The van der Waals surface area contributed by atoms with Crippen molar-refractivity contribution in [3.05, 3.63) is 23.5 Å². The number of hydrogen-bond donors (Lipinski definition) is 1. The van der Waals surface area contributed by atoms with Gasteiger partial charge in [0, 0.05) is 42.3 Å². The first-order valence-corrected chi connectivity index (χ1v) is 7.69. The van der Waals surface area contributed by atoms with Crippen LogP contribution in [-0.4, -0.2) is 24.1 Å². The van der Waals surface area contributed by atoms with E-state index in [2.05, 4.69) is 48.2 Å². The molecule has 0 spiro atoms. The lowest BCUT2D eigenvalue weighted by atomic mass is 10.1. The maximum atomic E-state index is 4.47. The van der Waals surface area contributed by atoms with Crippen LogP contribution in [0, 0.1) is 6.92 Å². The van der Waals surface area contributed by atoms with Gasteiger partial charge in [-0.25, -0.2) is 0 Å². The van der Waals surface area contributed by atoms with Crippen molar-refractivity contribution in [2.75, 3.05) is 18.0 Å². The zero-order valence-corrected chi connectivity index (χ0v) is 12.6. The number of aryl methyl sites for hydroxylation is 1. The Morgan fingerprint density at radius 1 is 1.32 bits per heavy atom. The molecule has 1 heterocycles. The molecular formula is C16H27N3. The molecule has 106 valence electrons. The van der Waals surface area contributed by atoms with Crippen LogP contribution in [0.1, 0.15) is 50.8 Å². The van der Waals surface area contributed by atoms with Crippen molar-refractivity contribution in [1.82, 2.24) is 10.3 Å². The molecule has 0 unspecified atom stereocenters. The Labute approximate surface area is 117 Å². The van der Waals surface area contributed by atoms with Gasteiger partial charge < -0.3 is 10.2 Å². The number of aromatic nitrogens is 1. The van der Waals surface area contributed by atoms with Crippen LogP contribution in [0.4, 0.5) is 5.69 Å². The molecular weight excluding hydrogens is 234 g/mol. The SMILES string of the molecule is CCCNCc1cnc(C)cc1N(CCC)C1CC1. The van der Waals surface area contributed by atoms with Gasteiger partial charge >= 0.3 is 0 Å². The first kappa shape index (κ1) is 14.3. The van der Waals surface area contributed by atoms with Crippen molar-refractivity contribution in [1.29, 1.82) is 0 Å². The lowest BCUT2D eigenvalue weighted by Gasteiger charge is -2.27. The Kier molecular flexibility index (Phi) is 5.20. The zero-order valence-electron chi connectivity index (χ0n) is 12.6. The van der Waals surface area contributed by atoms with Crippen LogP contribution in [0.3, 0.4) is 0 Å². The molecule has 0 aromatic carbocycles. The van der Waals surface area contributed by atoms with Crippen molar-refractivity contribution in [3.63, 3.8) is 0 Å². The molecule has 0 saturated heterocycles. The van der Waals surface area contributed by atoms with E-state index in [0.29, 0.717) is 0 Å². The Bertz CT molecular complexity index is 399. The smallest absolute Gasteiger partial charge is 0.0448 e. The van der Waals surface area contributed by atoms with E-state index >= 15 is 0 Å². The summed E-state index contributed by atoms with van der Waals surface area (Å²) in [6.45, 7) is 9.72. The monoisotopic (exact) mass is 261 g/mol. The summed E-state index contributed by atoms with van der Waals surface area (Å²) in [5, 5.41) is 3.50. The molecule has 3 nitrogen and oxygen atoms in total. The molecule has 3 heteroatoms. The molecule has 1 aliphatic rings. The van der Waals surface area contributed by atoms with Crippen LogP contribution in [-0.2, 0) is 6.54 Å². The lowest BCUT2D eigenvalue weighted by Crippen LogP contribution is -2.28. The quantitative estimate of drug-likeness (QED) is 0.728. The number of nitrogens with one attached hydrogen (secondary N) is 1. The number of nitrogens with zero attached hydrogens (tertiary/aromatic N) is 2. The second-order valence-electron chi connectivity index (χ2n) is 5.56. The van der Waals surface area contributed by atoms with E-state index in [4.69, 9.17) is 0 Å². The second-order valence-corrected chi connectivity index (χ2v) is 5.56. The third-order valence-electron chi connectivity index (χ3n) is 3.60. The minimum absolute atomic E-state index is 0.770. The van der Waals surface area contributed by atoms with Crippen molar-refractivity contribution >= 4 is 5.69 Å². The molecule has 1 aliphatic carbocycles. The fourth-order valence-corrected chi connectivity index (χ4v) is 2.50. The number of rotatable bonds is 8. The molecule has 0 aliphatic heterocycles. The van der Waals surface area contributed by atoms with Crippen LogP contribution < -0.4 is 10.2 Å². The summed E-state index contributed by atoms with van der Waals surface area (Å²) in [4.78, 5) is 7.07. The van der Waals surface area contributed by atoms with Crippen LogP contribution in [0.15, 0.2) is 12.3 Å². The number of hydrogen-bond acceptors (Lipinski definition) is 3. The van der Waals surface area contributed by atoms with E-state index in [1.54, 1.807) is 0 Å². The highest BCUT2D eigenvalue weighted by Crippen LogP contribution is 2.33. The van der Waals surface area contributed by atoms with Gasteiger partial charge in [0.05, 0.1) is 0 Å². The molecule has 2 rings (SSSR count). The maximum absolute atomic E-state index is 4.47. The summed E-state index contributed by atoms with van der Waals surface area (Å²) in [6.07, 6.45) is 7.14. The normalized spacial score (nSPS) is 14.7. The minimum Gasteiger partial charge on any atom is -0.368 e. The van der Waals surface area contributed by atoms with Gasteiger partial charge in [-0.1, -0.05) is 13.8 Å². The fraction of sp³-hybridized carbons (Fsp3) is 0.688. The van der Waals surface area contributed by atoms with Gasteiger partial charge in [0.2, 0.25) is 0 Å². The zero-order chi connectivity index (χ0) is 13.7. The predicted molar refractivity (Wildman–Crippen MR) is 81.6 cm³/mol.